The van der Waals surface area contributed by atoms with Crippen LogP contribution < -0.4 is 31.6 Å². The lowest BCUT2D eigenvalue weighted by Gasteiger charge is -2.11. The first-order valence-corrected chi connectivity index (χ1v) is 17.7. The molecule has 0 unspecified atom stereocenters. The molecule has 50 heavy (non-hydrogen) atoms. The molecule has 1 aliphatic rings. The van der Waals surface area contributed by atoms with Crippen LogP contribution in [0.3, 0.4) is 0 Å². The average molecular weight is 797 g/mol. The Labute approximate surface area is 308 Å². The van der Waals surface area contributed by atoms with Gasteiger partial charge in [-0.15, -0.1) is 0 Å². The molecular formula is C38H36Br2N8O2. The van der Waals surface area contributed by atoms with Crippen molar-refractivity contribution in [3.8, 4) is 23.3 Å². The first kappa shape index (κ1) is 34.7. The van der Waals surface area contributed by atoms with E-state index >= 15 is 0 Å². The van der Waals surface area contributed by atoms with E-state index in [1.165, 1.54) is 35.1 Å². The van der Waals surface area contributed by atoms with Crippen molar-refractivity contribution in [3.63, 3.8) is 0 Å². The van der Waals surface area contributed by atoms with Gasteiger partial charge in [0.1, 0.15) is 23.1 Å². The molecule has 0 bridgehead atoms. The number of nitrogen functional groups attached to an aromatic ring is 2. The maximum Gasteiger partial charge on any atom is 0.226 e. The maximum atomic E-state index is 5.83. The second kappa shape index (κ2) is 16.0. The second-order valence-corrected chi connectivity index (χ2v) is 13.4. The molecule has 12 heteroatoms. The highest BCUT2D eigenvalue weighted by atomic mass is 79.9. The number of fused-ring (bicyclic) bond motifs is 1. The van der Waals surface area contributed by atoms with Gasteiger partial charge in [0.25, 0.3) is 0 Å². The van der Waals surface area contributed by atoms with Crippen LogP contribution in [-0.4, -0.2) is 19.9 Å². The molecule has 0 saturated carbocycles. The Balaban J connectivity index is 0.000000173. The molecule has 4 aromatic carbocycles. The van der Waals surface area contributed by atoms with E-state index in [0.29, 0.717) is 34.9 Å². The van der Waals surface area contributed by atoms with Gasteiger partial charge in [-0.2, -0.15) is 19.9 Å². The first-order valence-electron chi connectivity index (χ1n) is 16.1. The summed E-state index contributed by atoms with van der Waals surface area (Å²) < 4.78 is 13.5. The third-order valence-corrected chi connectivity index (χ3v) is 8.94. The zero-order chi connectivity index (χ0) is 35.0. The van der Waals surface area contributed by atoms with Crippen LogP contribution in [0.5, 0.6) is 23.3 Å². The number of rotatable bonds is 9. The van der Waals surface area contributed by atoms with E-state index in [1.807, 2.05) is 54.6 Å². The van der Waals surface area contributed by atoms with E-state index in [-0.39, 0.29) is 11.9 Å². The molecule has 0 saturated heterocycles. The van der Waals surface area contributed by atoms with Gasteiger partial charge in [-0.05, 0) is 128 Å². The van der Waals surface area contributed by atoms with Crippen molar-refractivity contribution in [2.24, 2.45) is 0 Å². The summed E-state index contributed by atoms with van der Waals surface area (Å²) in [6, 6.07) is 31.1. The van der Waals surface area contributed by atoms with E-state index in [1.54, 1.807) is 12.1 Å². The lowest BCUT2D eigenvalue weighted by molar-refractivity contribution is 0.462. The van der Waals surface area contributed by atoms with Gasteiger partial charge in [0.2, 0.25) is 23.7 Å². The minimum atomic E-state index is 0.153. The van der Waals surface area contributed by atoms with Crippen molar-refractivity contribution in [1.82, 2.24) is 19.9 Å². The molecule has 0 amide bonds. The Morgan fingerprint density at radius 3 is 1.66 bits per heavy atom. The molecule has 6 aromatic rings. The van der Waals surface area contributed by atoms with Crippen LogP contribution in [0.15, 0.2) is 106 Å². The summed E-state index contributed by atoms with van der Waals surface area (Å²) in [5, 5.41) is 6.55. The number of halogens is 2. The molecule has 7 rings (SSSR count). The van der Waals surface area contributed by atoms with Gasteiger partial charge in [-0.3, -0.25) is 0 Å². The third-order valence-electron chi connectivity index (χ3n) is 7.89. The van der Waals surface area contributed by atoms with Crippen molar-refractivity contribution in [2.45, 2.75) is 39.5 Å². The summed E-state index contributed by atoms with van der Waals surface area (Å²) in [6.07, 6.45) is 4.51. The predicted octanol–water partition coefficient (Wildman–Crippen LogP) is 10.1. The summed E-state index contributed by atoms with van der Waals surface area (Å²) in [5.41, 5.74) is 19.0. The van der Waals surface area contributed by atoms with Crippen LogP contribution in [0.25, 0.3) is 0 Å². The fourth-order valence-corrected chi connectivity index (χ4v) is 5.97. The number of aromatic nitrogens is 4. The Bertz CT molecular complexity index is 1990. The summed E-state index contributed by atoms with van der Waals surface area (Å²) in [7, 11) is 0. The molecule has 254 valence electrons. The molecule has 0 spiro atoms. The van der Waals surface area contributed by atoms with Crippen molar-refractivity contribution in [2.75, 3.05) is 22.1 Å². The van der Waals surface area contributed by atoms with Crippen LogP contribution in [0.2, 0.25) is 0 Å². The molecule has 1 aliphatic carbocycles. The normalized spacial score (nSPS) is 11.6. The number of nitrogens with two attached hydrogens (primary N) is 2. The minimum absolute atomic E-state index is 0.153. The number of hydrogen-bond acceptors (Lipinski definition) is 10. The maximum absolute atomic E-state index is 5.83. The quantitative estimate of drug-likeness (QED) is 0.112. The van der Waals surface area contributed by atoms with E-state index in [9.17, 15) is 0 Å². The molecule has 2 heterocycles. The number of anilines is 6. The first-order chi connectivity index (χ1) is 24.2. The van der Waals surface area contributed by atoms with E-state index in [0.717, 1.165) is 33.2 Å². The van der Waals surface area contributed by atoms with Gasteiger partial charge >= 0.3 is 0 Å². The fraction of sp³-hybridized carbons (Fsp3) is 0.158. The van der Waals surface area contributed by atoms with Crippen LogP contribution >= 0.6 is 31.9 Å². The lowest BCUT2D eigenvalue weighted by Crippen LogP contribution is -2.02. The Morgan fingerprint density at radius 2 is 1.12 bits per heavy atom. The molecule has 0 radical (unpaired) electrons. The Morgan fingerprint density at radius 1 is 0.620 bits per heavy atom. The third kappa shape index (κ3) is 9.48. The van der Waals surface area contributed by atoms with E-state index in [2.05, 4.69) is 107 Å². The van der Waals surface area contributed by atoms with Gasteiger partial charge in [0, 0.05) is 32.5 Å². The van der Waals surface area contributed by atoms with Crippen molar-refractivity contribution in [3.05, 3.63) is 128 Å². The largest absolute Gasteiger partial charge is 0.439 e. The number of hydrogen-bond donors (Lipinski definition) is 4. The highest BCUT2D eigenvalue weighted by Crippen LogP contribution is 2.29. The van der Waals surface area contributed by atoms with Crippen molar-refractivity contribution in [1.29, 1.82) is 0 Å². The van der Waals surface area contributed by atoms with Crippen LogP contribution in [0.4, 0.5) is 34.9 Å². The number of nitrogens with zero attached hydrogens (tertiary/aromatic N) is 4. The molecule has 0 aliphatic heterocycles. The monoisotopic (exact) mass is 794 g/mol. The predicted molar refractivity (Wildman–Crippen MR) is 207 cm³/mol. The van der Waals surface area contributed by atoms with Crippen molar-refractivity contribution >= 4 is 66.8 Å². The van der Waals surface area contributed by atoms with Gasteiger partial charge in [0.05, 0.1) is 0 Å². The molecular weight excluding hydrogens is 760 g/mol. The van der Waals surface area contributed by atoms with Crippen LogP contribution in [0.1, 0.15) is 35.6 Å². The second-order valence-electron chi connectivity index (χ2n) is 11.6. The zero-order valence-electron chi connectivity index (χ0n) is 27.6. The topological polar surface area (TPSA) is 146 Å². The van der Waals surface area contributed by atoms with Gasteiger partial charge in [-0.25, -0.2) is 0 Å². The SMILES string of the molecule is CCc1cc(Nc2cc(Oc3ccc(Br)cc3)nc(N)n2)ccc1C.Nc1nc(Nc2ccc3c(c2)CCC3)cc(Oc2ccc(Br)cc2)n1. The zero-order valence-corrected chi connectivity index (χ0v) is 30.8. The van der Waals surface area contributed by atoms with Gasteiger partial charge < -0.3 is 31.6 Å². The summed E-state index contributed by atoms with van der Waals surface area (Å²) >= 11 is 6.80. The highest BCUT2D eigenvalue weighted by molar-refractivity contribution is 9.10. The Kier molecular flexibility index (Phi) is 11.1. The van der Waals surface area contributed by atoms with E-state index in [4.69, 9.17) is 20.9 Å². The summed E-state index contributed by atoms with van der Waals surface area (Å²) in [6.45, 7) is 4.24. The molecule has 6 N–H and O–H groups in total. The van der Waals surface area contributed by atoms with Crippen LogP contribution in [-0.2, 0) is 19.3 Å². The average Bonchev–Trinajstić information content (AvgIpc) is 3.56. The van der Waals surface area contributed by atoms with Crippen molar-refractivity contribution < 1.29 is 9.47 Å². The lowest BCUT2D eigenvalue weighted by atomic mass is 10.1. The summed E-state index contributed by atoms with van der Waals surface area (Å²) in [5.74, 6) is 3.67. The highest BCUT2D eigenvalue weighted by Gasteiger charge is 2.12. The Hall–Kier alpha value is -5.20. The number of ether oxygens (including phenoxy) is 2. The van der Waals surface area contributed by atoms with Gasteiger partial charge in [0.15, 0.2) is 0 Å². The standard InChI is InChI=1S/C19H17BrN4O.C19H19BrN4O/c20-14-5-8-16(9-6-14)25-18-11-17(23-19(21)24-18)22-15-7-4-12-2-1-3-13(12)10-15;1-3-13-10-15(7-4-12(13)2)22-17-11-18(24-19(21)23-17)25-16-8-5-14(20)6-9-16/h4-11H,1-3H2,(H3,21,22,23,24);4-11H,3H2,1-2H3,(H3,21,22,23,24). The van der Waals surface area contributed by atoms with E-state index < -0.39 is 0 Å². The van der Waals surface area contributed by atoms with Crippen LogP contribution in [0, 0.1) is 6.92 Å². The number of benzene rings is 4. The smallest absolute Gasteiger partial charge is 0.226 e. The number of aryl methyl sites for hydroxylation is 4. The number of nitrogens with one attached hydrogen (secondary N) is 2. The van der Waals surface area contributed by atoms with Gasteiger partial charge in [-0.1, -0.05) is 50.9 Å². The molecule has 10 nitrogen and oxygen atoms in total. The molecule has 2 aromatic heterocycles. The molecule has 0 fully saturated rings. The summed E-state index contributed by atoms with van der Waals surface area (Å²) in [4.78, 5) is 16.8. The molecule has 0 atom stereocenters. The minimum Gasteiger partial charge on any atom is -0.439 e. The fourth-order valence-electron chi connectivity index (χ4n) is 5.44.